The van der Waals surface area contributed by atoms with Gasteiger partial charge in [0.15, 0.2) is 0 Å². The van der Waals surface area contributed by atoms with Gasteiger partial charge >= 0.3 is 0 Å². The standard InChI is InChI=1S/C24H25N7O/c1-30-9-6-16(7-10-30)21-11-17(5-8-25-21)24(32)29-23-12-22-18(13-26-23)3-4-20(28-22)19-14-27-31(2)15-19/h3-5,8,11-16H,6-7,9-10H2,1-2H3,(H,26,29,32). The van der Waals surface area contributed by atoms with Crippen LogP contribution in [0.3, 0.4) is 0 Å². The highest BCUT2D eigenvalue weighted by molar-refractivity contribution is 6.04. The van der Waals surface area contributed by atoms with Crippen LogP contribution in [-0.2, 0) is 7.05 Å². The molecule has 162 valence electrons. The van der Waals surface area contributed by atoms with E-state index >= 15 is 0 Å². The van der Waals surface area contributed by atoms with Crippen molar-refractivity contribution < 1.29 is 4.79 Å². The van der Waals surface area contributed by atoms with E-state index in [9.17, 15) is 4.79 Å². The molecule has 0 unspecified atom stereocenters. The molecule has 1 saturated heterocycles. The summed E-state index contributed by atoms with van der Waals surface area (Å²) in [6.45, 7) is 2.11. The summed E-state index contributed by atoms with van der Waals surface area (Å²) in [7, 11) is 4.01. The molecule has 0 aromatic carbocycles. The number of anilines is 1. The maximum absolute atomic E-state index is 12.9. The second-order valence-corrected chi connectivity index (χ2v) is 8.36. The Kier molecular flexibility index (Phi) is 5.36. The Morgan fingerprint density at radius 1 is 1.06 bits per heavy atom. The minimum absolute atomic E-state index is 0.197. The Bertz CT molecular complexity index is 1270. The number of carbonyl (C=O) groups is 1. The number of likely N-dealkylation sites (tertiary alicyclic amines) is 1. The molecule has 1 amide bonds. The molecular weight excluding hydrogens is 402 g/mol. The first-order valence-electron chi connectivity index (χ1n) is 10.8. The van der Waals surface area contributed by atoms with Crippen molar-refractivity contribution in [3.05, 3.63) is 66.4 Å². The molecule has 4 aromatic heterocycles. The smallest absolute Gasteiger partial charge is 0.256 e. The molecule has 0 bridgehead atoms. The number of hydrogen-bond acceptors (Lipinski definition) is 6. The normalized spacial score (nSPS) is 15.2. The summed E-state index contributed by atoms with van der Waals surface area (Å²) in [6.07, 6.45) is 9.27. The molecule has 1 aliphatic heterocycles. The third-order valence-electron chi connectivity index (χ3n) is 6.00. The largest absolute Gasteiger partial charge is 0.306 e. The van der Waals surface area contributed by atoms with Crippen molar-refractivity contribution in [1.29, 1.82) is 0 Å². The molecule has 32 heavy (non-hydrogen) atoms. The summed E-state index contributed by atoms with van der Waals surface area (Å²) < 4.78 is 1.74. The lowest BCUT2D eigenvalue weighted by Gasteiger charge is -2.28. The average molecular weight is 428 g/mol. The highest BCUT2D eigenvalue weighted by atomic mass is 16.1. The summed E-state index contributed by atoms with van der Waals surface area (Å²) in [4.78, 5) is 28.9. The lowest BCUT2D eigenvalue weighted by molar-refractivity contribution is 0.102. The Morgan fingerprint density at radius 2 is 1.91 bits per heavy atom. The first kappa shape index (κ1) is 20.3. The zero-order chi connectivity index (χ0) is 22.1. The molecule has 8 nitrogen and oxygen atoms in total. The number of carbonyl (C=O) groups excluding carboxylic acids is 1. The fourth-order valence-corrected chi connectivity index (χ4v) is 4.10. The molecule has 0 atom stereocenters. The van der Waals surface area contributed by atoms with E-state index < -0.39 is 0 Å². The molecule has 1 aliphatic rings. The molecule has 5 heterocycles. The molecule has 5 rings (SSSR count). The highest BCUT2D eigenvalue weighted by Gasteiger charge is 2.20. The number of hydrogen-bond donors (Lipinski definition) is 1. The summed E-state index contributed by atoms with van der Waals surface area (Å²) >= 11 is 0. The number of aromatic nitrogens is 5. The van der Waals surface area contributed by atoms with Crippen molar-refractivity contribution in [2.75, 3.05) is 25.5 Å². The maximum atomic E-state index is 12.9. The van der Waals surface area contributed by atoms with Gasteiger partial charge in [0, 0.05) is 59.8 Å². The molecule has 4 aromatic rings. The van der Waals surface area contributed by atoms with Crippen LogP contribution in [0.4, 0.5) is 5.82 Å². The number of aryl methyl sites for hydroxylation is 1. The average Bonchev–Trinajstić information content (AvgIpc) is 3.25. The van der Waals surface area contributed by atoms with Crippen molar-refractivity contribution >= 4 is 22.6 Å². The summed E-state index contributed by atoms with van der Waals surface area (Å²) in [5.74, 6) is 0.667. The van der Waals surface area contributed by atoms with E-state index in [-0.39, 0.29) is 5.91 Å². The van der Waals surface area contributed by atoms with Crippen LogP contribution in [0.1, 0.15) is 34.8 Å². The van der Waals surface area contributed by atoms with Crippen molar-refractivity contribution in [3.63, 3.8) is 0 Å². The van der Waals surface area contributed by atoms with E-state index in [0.717, 1.165) is 53.8 Å². The molecule has 0 radical (unpaired) electrons. The number of amides is 1. The second-order valence-electron chi connectivity index (χ2n) is 8.36. The first-order chi connectivity index (χ1) is 15.5. The highest BCUT2D eigenvalue weighted by Crippen LogP contribution is 2.27. The van der Waals surface area contributed by atoms with Gasteiger partial charge in [0.2, 0.25) is 0 Å². The Labute approximate surface area is 186 Å². The van der Waals surface area contributed by atoms with Gasteiger partial charge in [-0.05, 0) is 57.2 Å². The predicted octanol–water partition coefficient (Wildman–Crippen LogP) is 3.49. The Hall–Kier alpha value is -3.65. The fraction of sp³-hybridized carbons (Fsp3) is 0.292. The maximum Gasteiger partial charge on any atom is 0.256 e. The molecule has 8 heteroatoms. The first-order valence-corrected chi connectivity index (χ1v) is 10.8. The molecule has 0 spiro atoms. The molecule has 0 saturated carbocycles. The van der Waals surface area contributed by atoms with E-state index in [0.29, 0.717) is 17.3 Å². The van der Waals surface area contributed by atoms with Crippen LogP contribution in [0.2, 0.25) is 0 Å². The molecule has 1 N–H and O–H groups in total. The number of nitrogens with one attached hydrogen (secondary N) is 1. The fourth-order valence-electron chi connectivity index (χ4n) is 4.10. The van der Waals surface area contributed by atoms with Gasteiger partial charge < -0.3 is 10.2 Å². The van der Waals surface area contributed by atoms with Crippen molar-refractivity contribution in [2.24, 2.45) is 7.05 Å². The summed E-state index contributed by atoms with van der Waals surface area (Å²) in [6, 6.07) is 9.37. The minimum atomic E-state index is -0.197. The van der Waals surface area contributed by atoms with E-state index in [1.54, 1.807) is 35.4 Å². The van der Waals surface area contributed by atoms with Crippen LogP contribution < -0.4 is 5.32 Å². The van der Waals surface area contributed by atoms with Crippen LogP contribution in [-0.4, -0.2) is 55.7 Å². The minimum Gasteiger partial charge on any atom is -0.306 e. The second kappa shape index (κ2) is 8.47. The third kappa shape index (κ3) is 4.22. The van der Waals surface area contributed by atoms with Crippen molar-refractivity contribution in [2.45, 2.75) is 18.8 Å². The lowest BCUT2D eigenvalue weighted by atomic mass is 9.92. The number of rotatable bonds is 4. The van der Waals surface area contributed by atoms with Gasteiger partial charge in [-0.1, -0.05) is 0 Å². The van der Waals surface area contributed by atoms with Gasteiger partial charge in [0.05, 0.1) is 17.4 Å². The molecular formula is C24H25N7O. The summed E-state index contributed by atoms with van der Waals surface area (Å²) in [5.41, 5.74) is 4.10. The van der Waals surface area contributed by atoms with Crippen molar-refractivity contribution in [3.8, 4) is 11.3 Å². The van der Waals surface area contributed by atoms with Gasteiger partial charge in [-0.2, -0.15) is 5.10 Å². The van der Waals surface area contributed by atoms with Crippen LogP contribution in [0.5, 0.6) is 0 Å². The quantitative estimate of drug-likeness (QED) is 0.536. The van der Waals surface area contributed by atoms with Crippen LogP contribution >= 0.6 is 0 Å². The summed E-state index contributed by atoms with van der Waals surface area (Å²) in [5, 5.41) is 8.02. The van der Waals surface area contributed by atoms with E-state index in [1.807, 2.05) is 31.4 Å². The van der Waals surface area contributed by atoms with Gasteiger partial charge in [0.1, 0.15) is 5.82 Å². The van der Waals surface area contributed by atoms with E-state index in [2.05, 4.69) is 32.3 Å². The van der Waals surface area contributed by atoms with Crippen molar-refractivity contribution in [1.82, 2.24) is 29.6 Å². The van der Waals surface area contributed by atoms with E-state index in [1.165, 1.54) is 0 Å². The van der Waals surface area contributed by atoms with Gasteiger partial charge in [-0.25, -0.2) is 9.97 Å². The van der Waals surface area contributed by atoms with Gasteiger partial charge in [-0.15, -0.1) is 0 Å². The number of piperidine rings is 1. The third-order valence-corrected chi connectivity index (χ3v) is 6.00. The molecule has 0 aliphatic carbocycles. The lowest BCUT2D eigenvalue weighted by Crippen LogP contribution is -2.29. The van der Waals surface area contributed by atoms with Crippen LogP contribution in [0.15, 0.2) is 55.1 Å². The Morgan fingerprint density at radius 3 is 2.69 bits per heavy atom. The number of nitrogens with zero attached hydrogens (tertiary/aromatic N) is 6. The SMILES string of the molecule is CN1CCC(c2cc(C(=O)Nc3cc4nc(-c5cnn(C)c5)ccc4cn3)ccn2)CC1. The van der Waals surface area contributed by atoms with Crippen LogP contribution in [0.25, 0.3) is 22.2 Å². The number of pyridine rings is 3. The zero-order valence-corrected chi connectivity index (χ0v) is 18.2. The topological polar surface area (TPSA) is 88.8 Å². The van der Waals surface area contributed by atoms with Crippen LogP contribution in [0, 0.1) is 0 Å². The monoisotopic (exact) mass is 427 g/mol. The predicted molar refractivity (Wildman–Crippen MR) is 123 cm³/mol. The van der Waals surface area contributed by atoms with E-state index in [4.69, 9.17) is 4.98 Å². The van der Waals surface area contributed by atoms with Gasteiger partial charge in [-0.3, -0.25) is 14.5 Å². The van der Waals surface area contributed by atoms with Gasteiger partial charge in [0.25, 0.3) is 5.91 Å². The number of fused-ring (bicyclic) bond motifs is 1. The molecule has 1 fully saturated rings. The Balaban J connectivity index is 1.36. The zero-order valence-electron chi connectivity index (χ0n) is 18.2.